The molecule has 0 bridgehead atoms. The predicted octanol–water partition coefficient (Wildman–Crippen LogP) is 2.59. The van der Waals surface area contributed by atoms with Crippen LogP contribution in [-0.2, 0) is 16.1 Å². The number of hydrogen-bond acceptors (Lipinski definition) is 2. The lowest BCUT2D eigenvalue weighted by molar-refractivity contribution is -0.133. The molecule has 0 radical (unpaired) electrons. The molecule has 1 aliphatic carbocycles. The van der Waals surface area contributed by atoms with E-state index in [1.54, 1.807) is 0 Å². The first-order valence-corrected chi connectivity index (χ1v) is 6.57. The number of carbonyl (C=O) groups is 1. The average Bonchev–Trinajstić information content (AvgIpc) is 3.12. The topological polar surface area (TPSA) is 52.3 Å². The van der Waals surface area contributed by atoms with Gasteiger partial charge in [0.25, 0.3) is 0 Å². The van der Waals surface area contributed by atoms with Crippen LogP contribution in [0.1, 0.15) is 43.7 Å². The molecule has 2 rings (SSSR count). The maximum Gasteiger partial charge on any atom is 0.246 e. The van der Waals surface area contributed by atoms with Gasteiger partial charge in [-0.25, -0.2) is 0 Å². The second-order valence-electron chi connectivity index (χ2n) is 5.40. The molecule has 1 aromatic carbocycles. The summed E-state index contributed by atoms with van der Waals surface area (Å²) in [5.74, 6) is 0.458. The van der Waals surface area contributed by atoms with E-state index in [0.29, 0.717) is 6.61 Å². The van der Waals surface area contributed by atoms with Gasteiger partial charge in [-0.2, -0.15) is 0 Å². The summed E-state index contributed by atoms with van der Waals surface area (Å²) in [6.45, 7) is 4.33. The molecule has 1 amide bonds. The van der Waals surface area contributed by atoms with Gasteiger partial charge in [-0.05, 0) is 35.8 Å². The maximum atomic E-state index is 11.2. The molecular weight excluding hydrogens is 226 g/mol. The number of primary amides is 1. The Balaban J connectivity index is 1.96. The van der Waals surface area contributed by atoms with Crippen molar-refractivity contribution in [2.45, 2.75) is 45.3 Å². The second-order valence-corrected chi connectivity index (χ2v) is 5.40. The highest BCUT2D eigenvalue weighted by Crippen LogP contribution is 2.40. The molecule has 1 aromatic rings. The summed E-state index contributed by atoms with van der Waals surface area (Å²) in [6.07, 6.45) is 2.08. The molecule has 0 heterocycles. The van der Waals surface area contributed by atoms with Crippen LogP contribution in [0, 0.1) is 5.92 Å². The van der Waals surface area contributed by atoms with Crippen molar-refractivity contribution in [3.8, 4) is 0 Å². The van der Waals surface area contributed by atoms with Crippen molar-refractivity contribution in [2.24, 2.45) is 11.7 Å². The summed E-state index contributed by atoms with van der Waals surface area (Å²) < 4.78 is 5.63. The van der Waals surface area contributed by atoms with E-state index in [1.807, 2.05) is 19.9 Å². The van der Waals surface area contributed by atoms with E-state index in [9.17, 15) is 4.79 Å². The minimum atomic E-state index is -0.505. The zero-order valence-electron chi connectivity index (χ0n) is 11.1. The molecule has 3 nitrogen and oxygen atoms in total. The van der Waals surface area contributed by atoms with Crippen molar-refractivity contribution in [2.75, 3.05) is 0 Å². The first-order valence-electron chi connectivity index (χ1n) is 6.57. The van der Waals surface area contributed by atoms with Gasteiger partial charge >= 0.3 is 0 Å². The number of hydrogen-bond donors (Lipinski definition) is 1. The molecule has 0 saturated heterocycles. The number of ether oxygens (including phenoxy) is 1. The molecule has 0 spiro atoms. The first-order chi connectivity index (χ1) is 8.58. The molecule has 1 fully saturated rings. The van der Waals surface area contributed by atoms with Crippen LogP contribution >= 0.6 is 0 Å². The van der Waals surface area contributed by atoms with E-state index in [1.165, 1.54) is 18.4 Å². The molecule has 0 aromatic heterocycles. The summed E-state index contributed by atoms with van der Waals surface area (Å²) in [6, 6.07) is 8.43. The Bertz CT molecular complexity index is 424. The van der Waals surface area contributed by atoms with E-state index in [4.69, 9.17) is 10.5 Å². The van der Waals surface area contributed by atoms with Gasteiger partial charge in [0.05, 0.1) is 6.61 Å². The second kappa shape index (κ2) is 5.53. The summed E-state index contributed by atoms with van der Waals surface area (Å²) in [4.78, 5) is 11.2. The van der Waals surface area contributed by atoms with Gasteiger partial charge in [-0.3, -0.25) is 4.79 Å². The molecule has 1 saturated carbocycles. The molecule has 98 valence electrons. The quantitative estimate of drug-likeness (QED) is 0.840. The van der Waals surface area contributed by atoms with Crippen molar-refractivity contribution in [1.29, 1.82) is 0 Å². The van der Waals surface area contributed by atoms with E-state index < -0.39 is 6.10 Å². The standard InChI is InChI=1S/C15H21NO2/c1-10(2)14(15(16)17)18-9-11-4-3-5-13(8-11)12-6-7-12/h3-5,8,10,12,14H,6-7,9H2,1-2H3,(H2,16,17). The van der Waals surface area contributed by atoms with Crippen LogP contribution in [0.4, 0.5) is 0 Å². The van der Waals surface area contributed by atoms with Gasteiger partial charge in [-0.1, -0.05) is 38.1 Å². The Kier molecular flexibility index (Phi) is 4.02. The fraction of sp³-hybridized carbons (Fsp3) is 0.533. The fourth-order valence-electron chi connectivity index (χ4n) is 2.14. The number of carbonyl (C=O) groups excluding carboxylic acids is 1. The molecule has 2 N–H and O–H groups in total. The van der Waals surface area contributed by atoms with Gasteiger partial charge in [-0.15, -0.1) is 0 Å². The van der Waals surface area contributed by atoms with Gasteiger partial charge in [0.15, 0.2) is 0 Å². The minimum absolute atomic E-state index is 0.106. The van der Waals surface area contributed by atoms with Crippen LogP contribution < -0.4 is 5.73 Å². The number of rotatable bonds is 6. The predicted molar refractivity (Wildman–Crippen MR) is 71.0 cm³/mol. The molecule has 1 unspecified atom stereocenters. The van der Waals surface area contributed by atoms with Crippen molar-refractivity contribution in [3.63, 3.8) is 0 Å². The van der Waals surface area contributed by atoms with Crippen molar-refractivity contribution >= 4 is 5.91 Å². The summed E-state index contributed by atoms with van der Waals surface area (Å²) in [5.41, 5.74) is 7.83. The van der Waals surface area contributed by atoms with Gasteiger partial charge in [0.2, 0.25) is 5.91 Å². The Morgan fingerprint density at radius 2 is 2.17 bits per heavy atom. The van der Waals surface area contributed by atoms with Crippen LogP contribution in [0.3, 0.4) is 0 Å². The molecular formula is C15H21NO2. The number of amides is 1. The third-order valence-corrected chi connectivity index (χ3v) is 3.32. The minimum Gasteiger partial charge on any atom is -0.367 e. The van der Waals surface area contributed by atoms with Crippen molar-refractivity contribution < 1.29 is 9.53 Å². The van der Waals surface area contributed by atoms with E-state index in [0.717, 1.165) is 11.5 Å². The zero-order chi connectivity index (χ0) is 13.1. The molecule has 0 aliphatic heterocycles. The Morgan fingerprint density at radius 3 is 2.72 bits per heavy atom. The summed E-state index contributed by atoms with van der Waals surface area (Å²) in [7, 11) is 0. The third kappa shape index (κ3) is 3.33. The summed E-state index contributed by atoms with van der Waals surface area (Å²) in [5, 5.41) is 0. The van der Waals surface area contributed by atoms with Crippen molar-refractivity contribution in [3.05, 3.63) is 35.4 Å². The highest BCUT2D eigenvalue weighted by atomic mass is 16.5. The lowest BCUT2D eigenvalue weighted by Crippen LogP contribution is -2.35. The first kappa shape index (κ1) is 13.1. The number of nitrogens with two attached hydrogens (primary N) is 1. The van der Waals surface area contributed by atoms with Crippen LogP contribution in [0.15, 0.2) is 24.3 Å². The van der Waals surface area contributed by atoms with Crippen LogP contribution in [0.5, 0.6) is 0 Å². The van der Waals surface area contributed by atoms with Crippen molar-refractivity contribution in [1.82, 2.24) is 0 Å². The summed E-state index contributed by atoms with van der Waals surface area (Å²) >= 11 is 0. The lowest BCUT2D eigenvalue weighted by Gasteiger charge is -2.18. The SMILES string of the molecule is CC(C)C(OCc1cccc(C2CC2)c1)C(N)=O. The zero-order valence-corrected chi connectivity index (χ0v) is 11.1. The number of benzene rings is 1. The smallest absolute Gasteiger partial charge is 0.246 e. The lowest BCUT2D eigenvalue weighted by atomic mass is 10.1. The molecule has 1 aliphatic rings. The normalized spacial score (nSPS) is 16.8. The van der Waals surface area contributed by atoms with E-state index >= 15 is 0 Å². The highest BCUT2D eigenvalue weighted by Gasteiger charge is 2.24. The average molecular weight is 247 g/mol. The van der Waals surface area contributed by atoms with Gasteiger partial charge < -0.3 is 10.5 Å². The van der Waals surface area contributed by atoms with E-state index in [-0.39, 0.29) is 11.8 Å². The maximum absolute atomic E-state index is 11.2. The Hall–Kier alpha value is -1.35. The molecule has 18 heavy (non-hydrogen) atoms. The van der Waals surface area contributed by atoms with Gasteiger partial charge in [0.1, 0.15) is 6.10 Å². The fourth-order valence-corrected chi connectivity index (χ4v) is 2.14. The molecule has 1 atom stereocenters. The Labute approximate surface area is 108 Å². The monoisotopic (exact) mass is 247 g/mol. The van der Waals surface area contributed by atoms with Gasteiger partial charge in [0, 0.05) is 0 Å². The molecule has 3 heteroatoms. The van der Waals surface area contributed by atoms with Crippen LogP contribution in [0.2, 0.25) is 0 Å². The van der Waals surface area contributed by atoms with Crippen LogP contribution in [0.25, 0.3) is 0 Å². The third-order valence-electron chi connectivity index (χ3n) is 3.32. The largest absolute Gasteiger partial charge is 0.367 e. The van der Waals surface area contributed by atoms with E-state index in [2.05, 4.69) is 18.2 Å². The Morgan fingerprint density at radius 1 is 1.44 bits per heavy atom. The van der Waals surface area contributed by atoms with Crippen LogP contribution in [-0.4, -0.2) is 12.0 Å². The highest BCUT2D eigenvalue weighted by molar-refractivity contribution is 5.79.